The molecule has 2 rings (SSSR count). The molecule has 0 amide bonds. The topological polar surface area (TPSA) is 58.4 Å². The normalized spacial score (nSPS) is 21.6. The van der Waals surface area contributed by atoms with Crippen LogP contribution in [-0.4, -0.2) is 45.4 Å². The molecule has 1 aromatic rings. The van der Waals surface area contributed by atoms with Crippen LogP contribution in [0, 0.1) is 0 Å². The molecule has 1 aliphatic heterocycles. The first-order chi connectivity index (χ1) is 8.15. The highest BCUT2D eigenvalue weighted by atomic mass is 16.4. The van der Waals surface area contributed by atoms with Gasteiger partial charge < -0.3 is 10.0 Å². The van der Waals surface area contributed by atoms with E-state index in [2.05, 4.69) is 16.1 Å². The van der Waals surface area contributed by atoms with Crippen molar-refractivity contribution in [1.29, 1.82) is 0 Å². The van der Waals surface area contributed by atoms with Gasteiger partial charge in [0.15, 0.2) is 0 Å². The molecule has 0 spiro atoms. The lowest BCUT2D eigenvalue weighted by molar-refractivity contribution is -0.137. The number of hydrogen-bond donors (Lipinski definition) is 1. The minimum absolute atomic E-state index is 0.231. The van der Waals surface area contributed by atoms with E-state index in [1.54, 1.807) is 0 Å². The molecule has 0 bridgehead atoms. The fourth-order valence-electron chi connectivity index (χ4n) is 2.40. The Kier molecular flexibility index (Phi) is 3.78. The van der Waals surface area contributed by atoms with Gasteiger partial charge in [0.05, 0.1) is 12.1 Å². The third-order valence-electron chi connectivity index (χ3n) is 3.30. The highest BCUT2D eigenvalue weighted by Gasteiger charge is 2.23. The number of piperidine rings is 1. The SMILES string of the molecule is Cn1ccc([C@@H]2CCCN(CCC(=O)O)C2)n1. The number of aryl methyl sites for hydroxylation is 1. The van der Waals surface area contributed by atoms with E-state index in [1.807, 2.05) is 17.9 Å². The molecule has 5 nitrogen and oxygen atoms in total. The summed E-state index contributed by atoms with van der Waals surface area (Å²) in [5.41, 5.74) is 1.13. The van der Waals surface area contributed by atoms with Crippen LogP contribution in [0.15, 0.2) is 12.3 Å². The second kappa shape index (κ2) is 5.31. The van der Waals surface area contributed by atoms with Crippen LogP contribution >= 0.6 is 0 Å². The van der Waals surface area contributed by atoms with Crippen molar-refractivity contribution in [3.05, 3.63) is 18.0 Å². The van der Waals surface area contributed by atoms with Gasteiger partial charge in [0.1, 0.15) is 0 Å². The van der Waals surface area contributed by atoms with Crippen molar-refractivity contribution < 1.29 is 9.90 Å². The lowest BCUT2D eigenvalue weighted by Gasteiger charge is -2.31. The fraction of sp³-hybridized carbons (Fsp3) is 0.667. The van der Waals surface area contributed by atoms with Crippen LogP contribution in [0.3, 0.4) is 0 Å². The molecule has 94 valence electrons. The average Bonchev–Trinajstić information content (AvgIpc) is 2.74. The van der Waals surface area contributed by atoms with Gasteiger partial charge in [-0.2, -0.15) is 5.10 Å². The Morgan fingerprint density at radius 2 is 2.47 bits per heavy atom. The average molecular weight is 237 g/mol. The van der Waals surface area contributed by atoms with Gasteiger partial charge in [0.25, 0.3) is 0 Å². The Morgan fingerprint density at radius 1 is 1.65 bits per heavy atom. The number of aliphatic carboxylic acids is 1. The van der Waals surface area contributed by atoms with Crippen molar-refractivity contribution >= 4 is 5.97 Å². The molecule has 0 saturated carbocycles. The van der Waals surface area contributed by atoms with Crippen LogP contribution in [0.2, 0.25) is 0 Å². The zero-order valence-corrected chi connectivity index (χ0v) is 10.2. The molecule has 0 radical (unpaired) electrons. The van der Waals surface area contributed by atoms with Crippen LogP contribution in [0.25, 0.3) is 0 Å². The Labute approximate surface area is 101 Å². The maximum atomic E-state index is 10.6. The van der Waals surface area contributed by atoms with Gasteiger partial charge in [0.2, 0.25) is 0 Å². The zero-order chi connectivity index (χ0) is 12.3. The van der Waals surface area contributed by atoms with Gasteiger partial charge in [-0.25, -0.2) is 0 Å². The van der Waals surface area contributed by atoms with E-state index in [0.29, 0.717) is 12.5 Å². The maximum Gasteiger partial charge on any atom is 0.304 e. The van der Waals surface area contributed by atoms with Crippen molar-refractivity contribution in [2.45, 2.75) is 25.2 Å². The Hall–Kier alpha value is -1.36. The molecule has 1 atom stereocenters. The van der Waals surface area contributed by atoms with E-state index in [-0.39, 0.29) is 6.42 Å². The molecular formula is C12H19N3O2. The summed E-state index contributed by atoms with van der Waals surface area (Å²) in [6.07, 6.45) is 4.47. The van der Waals surface area contributed by atoms with Gasteiger partial charge in [0, 0.05) is 32.3 Å². The molecule has 1 aliphatic rings. The molecule has 0 aromatic carbocycles. The standard InChI is InChI=1S/C12H19N3O2/c1-14-7-4-11(13-14)10-3-2-6-15(9-10)8-5-12(16)17/h4,7,10H,2-3,5-6,8-9H2,1H3,(H,16,17)/t10-/m1/s1. The van der Waals surface area contributed by atoms with E-state index in [1.165, 1.54) is 0 Å². The predicted octanol–water partition coefficient (Wildman–Crippen LogP) is 1.07. The van der Waals surface area contributed by atoms with Crippen LogP contribution in [0.4, 0.5) is 0 Å². The highest BCUT2D eigenvalue weighted by molar-refractivity contribution is 5.66. The Balaban J connectivity index is 1.90. The van der Waals surface area contributed by atoms with Gasteiger partial charge in [-0.05, 0) is 25.5 Å². The molecule has 1 aromatic heterocycles. The summed E-state index contributed by atoms with van der Waals surface area (Å²) < 4.78 is 1.82. The molecule has 1 fully saturated rings. The van der Waals surface area contributed by atoms with E-state index in [4.69, 9.17) is 5.11 Å². The molecule has 1 saturated heterocycles. The summed E-state index contributed by atoms with van der Waals surface area (Å²) in [7, 11) is 1.93. The van der Waals surface area contributed by atoms with E-state index < -0.39 is 5.97 Å². The summed E-state index contributed by atoms with van der Waals surface area (Å²) in [5, 5.41) is 13.1. The van der Waals surface area contributed by atoms with Crippen molar-refractivity contribution in [2.24, 2.45) is 7.05 Å². The second-order valence-electron chi connectivity index (χ2n) is 4.70. The highest BCUT2D eigenvalue weighted by Crippen LogP contribution is 2.25. The molecular weight excluding hydrogens is 218 g/mol. The maximum absolute atomic E-state index is 10.6. The number of likely N-dealkylation sites (tertiary alicyclic amines) is 1. The zero-order valence-electron chi connectivity index (χ0n) is 10.2. The fourth-order valence-corrected chi connectivity index (χ4v) is 2.40. The van der Waals surface area contributed by atoms with Gasteiger partial charge in [-0.15, -0.1) is 0 Å². The summed E-state index contributed by atoms with van der Waals surface area (Å²) in [5.74, 6) is -0.260. The molecule has 5 heteroatoms. The first-order valence-corrected chi connectivity index (χ1v) is 6.09. The minimum Gasteiger partial charge on any atom is -0.481 e. The van der Waals surface area contributed by atoms with Crippen molar-refractivity contribution in [2.75, 3.05) is 19.6 Å². The third kappa shape index (κ3) is 3.30. The quantitative estimate of drug-likeness (QED) is 0.851. The Morgan fingerprint density at radius 3 is 3.12 bits per heavy atom. The van der Waals surface area contributed by atoms with E-state index >= 15 is 0 Å². The molecule has 1 N–H and O–H groups in total. The summed E-state index contributed by atoms with van der Waals surface area (Å²) in [4.78, 5) is 12.8. The van der Waals surface area contributed by atoms with Crippen LogP contribution in [0.5, 0.6) is 0 Å². The largest absolute Gasteiger partial charge is 0.481 e. The number of carboxylic acids is 1. The summed E-state index contributed by atoms with van der Waals surface area (Å²) >= 11 is 0. The molecule has 2 heterocycles. The monoisotopic (exact) mass is 237 g/mol. The van der Waals surface area contributed by atoms with Crippen molar-refractivity contribution in [1.82, 2.24) is 14.7 Å². The number of rotatable bonds is 4. The number of carboxylic acid groups (broad SMARTS) is 1. The summed E-state index contributed by atoms with van der Waals surface area (Å²) in [6, 6.07) is 2.06. The smallest absolute Gasteiger partial charge is 0.304 e. The third-order valence-corrected chi connectivity index (χ3v) is 3.30. The lowest BCUT2D eigenvalue weighted by Crippen LogP contribution is -2.36. The second-order valence-corrected chi connectivity index (χ2v) is 4.70. The van der Waals surface area contributed by atoms with Gasteiger partial charge in [-0.1, -0.05) is 0 Å². The first-order valence-electron chi connectivity index (χ1n) is 6.09. The van der Waals surface area contributed by atoms with Gasteiger partial charge in [-0.3, -0.25) is 9.48 Å². The van der Waals surface area contributed by atoms with Crippen LogP contribution in [0.1, 0.15) is 30.9 Å². The van der Waals surface area contributed by atoms with E-state index in [9.17, 15) is 4.79 Å². The summed E-state index contributed by atoms with van der Waals surface area (Å²) in [6.45, 7) is 2.60. The van der Waals surface area contributed by atoms with Crippen LogP contribution < -0.4 is 0 Å². The number of hydrogen-bond acceptors (Lipinski definition) is 3. The molecule has 0 unspecified atom stereocenters. The number of carbonyl (C=O) groups is 1. The molecule has 17 heavy (non-hydrogen) atoms. The van der Waals surface area contributed by atoms with Crippen molar-refractivity contribution in [3.63, 3.8) is 0 Å². The lowest BCUT2D eigenvalue weighted by atomic mass is 9.95. The number of nitrogens with zero attached hydrogens (tertiary/aromatic N) is 3. The first kappa shape index (κ1) is 12.1. The predicted molar refractivity (Wildman–Crippen MR) is 63.9 cm³/mol. The van der Waals surface area contributed by atoms with Crippen LogP contribution in [-0.2, 0) is 11.8 Å². The Bertz CT molecular complexity index is 389. The van der Waals surface area contributed by atoms with Crippen molar-refractivity contribution in [3.8, 4) is 0 Å². The van der Waals surface area contributed by atoms with Gasteiger partial charge >= 0.3 is 5.97 Å². The number of aromatic nitrogens is 2. The minimum atomic E-state index is -0.718. The van der Waals surface area contributed by atoms with E-state index in [0.717, 1.165) is 31.6 Å². The molecule has 0 aliphatic carbocycles.